The lowest BCUT2D eigenvalue weighted by atomic mass is 10.2. The Balaban J connectivity index is 1.93. The summed E-state index contributed by atoms with van der Waals surface area (Å²) in [5.74, 6) is -0.115. The molecule has 0 aliphatic rings. The molecule has 0 saturated heterocycles. The van der Waals surface area contributed by atoms with Crippen LogP contribution in [-0.2, 0) is 11.3 Å². The van der Waals surface area contributed by atoms with Crippen LogP contribution in [0.3, 0.4) is 0 Å². The molecule has 2 rings (SSSR count). The van der Waals surface area contributed by atoms with Gasteiger partial charge in [0, 0.05) is 36.3 Å². The standard InChI is InChI=1S/C13H13N3O3S/c1-9(17)15-12-4-2-11(3-5-12)14-7-10-6-13(16(18)19)20-8-10/h2-6,8,14H,7H2,1H3,(H,15,17). The number of carbonyl (C=O) groups excluding carboxylic acids is 1. The Hall–Kier alpha value is -2.41. The Morgan fingerprint density at radius 2 is 1.95 bits per heavy atom. The molecule has 6 nitrogen and oxygen atoms in total. The van der Waals surface area contributed by atoms with Crippen molar-refractivity contribution in [2.45, 2.75) is 13.5 Å². The molecule has 20 heavy (non-hydrogen) atoms. The number of carbonyl (C=O) groups is 1. The van der Waals surface area contributed by atoms with Crippen molar-refractivity contribution in [2.24, 2.45) is 0 Å². The van der Waals surface area contributed by atoms with E-state index in [1.54, 1.807) is 23.6 Å². The van der Waals surface area contributed by atoms with Crippen LogP contribution < -0.4 is 10.6 Å². The summed E-state index contributed by atoms with van der Waals surface area (Å²) in [6.45, 7) is 1.97. The van der Waals surface area contributed by atoms with Gasteiger partial charge in [0.2, 0.25) is 5.91 Å². The quantitative estimate of drug-likeness (QED) is 0.654. The predicted molar refractivity (Wildman–Crippen MR) is 79.0 cm³/mol. The van der Waals surface area contributed by atoms with Gasteiger partial charge in [-0.3, -0.25) is 14.9 Å². The van der Waals surface area contributed by atoms with Crippen LogP contribution in [0.1, 0.15) is 12.5 Å². The Morgan fingerprint density at radius 3 is 2.50 bits per heavy atom. The van der Waals surface area contributed by atoms with E-state index in [1.165, 1.54) is 6.92 Å². The fraction of sp³-hybridized carbons (Fsp3) is 0.154. The van der Waals surface area contributed by atoms with E-state index in [-0.39, 0.29) is 10.9 Å². The summed E-state index contributed by atoms with van der Waals surface area (Å²) in [5.41, 5.74) is 2.48. The van der Waals surface area contributed by atoms with E-state index in [4.69, 9.17) is 0 Å². The number of rotatable bonds is 5. The van der Waals surface area contributed by atoms with Gasteiger partial charge in [0.1, 0.15) is 0 Å². The predicted octanol–water partition coefficient (Wildman–Crippen LogP) is 3.23. The number of anilines is 2. The van der Waals surface area contributed by atoms with Crippen molar-refractivity contribution in [1.82, 2.24) is 0 Å². The van der Waals surface area contributed by atoms with E-state index in [9.17, 15) is 14.9 Å². The first-order chi connectivity index (χ1) is 9.54. The van der Waals surface area contributed by atoms with Gasteiger partial charge >= 0.3 is 5.00 Å². The topological polar surface area (TPSA) is 84.3 Å². The van der Waals surface area contributed by atoms with E-state index in [1.807, 2.05) is 12.1 Å². The minimum Gasteiger partial charge on any atom is -0.381 e. The third-order valence-electron chi connectivity index (χ3n) is 2.52. The molecule has 1 amide bonds. The lowest BCUT2D eigenvalue weighted by molar-refractivity contribution is -0.380. The summed E-state index contributed by atoms with van der Waals surface area (Å²) in [7, 11) is 0. The highest BCUT2D eigenvalue weighted by atomic mass is 32.1. The minimum atomic E-state index is -0.392. The molecule has 1 aromatic heterocycles. The molecule has 0 bridgehead atoms. The van der Waals surface area contributed by atoms with Crippen molar-refractivity contribution in [3.05, 3.63) is 51.4 Å². The highest BCUT2D eigenvalue weighted by Gasteiger charge is 2.09. The first-order valence-electron chi connectivity index (χ1n) is 5.88. The fourth-order valence-corrected chi connectivity index (χ4v) is 2.36. The summed E-state index contributed by atoms with van der Waals surface area (Å²) >= 11 is 1.12. The fourth-order valence-electron chi connectivity index (χ4n) is 1.63. The number of nitrogens with zero attached hydrogens (tertiary/aromatic N) is 1. The van der Waals surface area contributed by atoms with Crippen molar-refractivity contribution >= 4 is 33.6 Å². The Kier molecular flexibility index (Phi) is 4.31. The third-order valence-corrected chi connectivity index (χ3v) is 3.45. The SMILES string of the molecule is CC(=O)Nc1ccc(NCc2csc([N+](=O)[O-])c2)cc1. The number of hydrogen-bond donors (Lipinski definition) is 2. The van der Waals surface area contributed by atoms with Crippen LogP contribution in [-0.4, -0.2) is 10.8 Å². The monoisotopic (exact) mass is 291 g/mol. The van der Waals surface area contributed by atoms with E-state index in [0.717, 1.165) is 28.3 Å². The van der Waals surface area contributed by atoms with Gasteiger partial charge in [0.15, 0.2) is 0 Å². The van der Waals surface area contributed by atoms with Crippen LogP contribution in [0.4, 0.5) is 16.4 Å². The molecular weight excluding hydrogens is 278 g/mol. The normalized spacial score (nSPS) is 10.1. The van der Waals surface area contributed by atoms with Crippen molar-refractivity contribution < 1.29 is 9.72 Å². The van der Waals surface area contributed by atoms with Crippen LogP contribution >= 0.6 is 11.3 Å². The summed E-state index contributed by atoms with van der Waals surface area (Å²) in [5, 5.41) is 18.3. The minimum absolute atomic E-state index is 0.115. The molecule has 0 radical (unpaired) electrons. The van der Waals surface area contributed by atoms with E-state index in [2.05, 4.69) is 10.6 Å². The van der Waals surface area contributed by atoms with E-state index >= 15 is 0 Å². The molecule has 0 aliphatic carbocycles. The third kappa shape index (κ3) is 3.79. The van der Waals surface area contributed by atoms with Gasteiger partial charge in [0.05, 0.1) is 4.92 Å². The van der Waals surface area contributed by atoms with Crippen molar-refractivity contribution in [3.63, 3.8) is 0 Å². The molecule has 0 aliphatic heterocycles. The molecule has 0 fully saturated rings. The molecular formula is C13H13N3O3S. The van der Waals surface area contributed by atoms with Crippen LogP contribution in [0.15, 0.2) is 35.7 Å². The first kappa shape index (κ1) is 14.0. The van der Waals surface area contributed by atoms with Crippen molar-refractivity contribution in [1.29, 1.82) is 0 Å². The summed E-state index contributed by atoms with van der Waals surface area (Å²) < 4.78 is 0. The molecule has 0 unspecified atom stereocenters. The van der Waals surface area contributed by atoms with Crippen LogP contribution in [0, 0.1) is 10.1 Å². The second-order valence-corrected chi connectivity index (χ2v) is 5.05. The van der Waals surface area contributed by atoms with Gasteiger partial charge in [-0.15, -0.1) is 0 Å². The second-order valence-electron chi connectivity index (χ2n) is 4.16. The number of nitrogens with one attached hydrogen (secondary N) is 2. The Bertz CT molecular complexity index is 622. The first-order valence-corrected chi connectivity index (χ1v) is 6.76. The summed E-state index contributed by atoms with van der Waals surface area (Å²) in [6.07, 6.45) is 0. The lowest BCUT2D eigenvalue weighted by Gasteiger charge is -2.06. The van der Waals surface area contributed by atoms with Crippen LogP contribution in [0.5, 0.6) is 0 Å². The van der Waals surface area contributed by atoms with Gasteiger partial charge in [-0.05, 0) is 29.8 Å². The van der Waals surface area contributed by atoms with Gasteiger partial charge < -0.3 is 10.6 Å². The Labute approximate surface area is 119 Å². The lowest BCUT2D eigenvalue weighted by Crippen LogP contribution is -2.05. The number of benzene rings is 1. The molecule has 1 heterocycles. The zero-order chi connectivity index (χ0) is 14.5. The van der Waals surface area contributed by atoms with E-state index in [0.29, 0.717) is 6.54 Å². The molecule has 0 atom stereocenters. The second kappa shape index (κ2) is 6.16. The van der Waals surface area contributed by atoms with Gasteiger partial charge in [-0.1, -0.05) is 11.3 Å². The molecule has 0 spiro atoms. The van der Waals surface area contributed by atoms with Gasteiger partial charge in [0.25, 0.3) is 0 Å². The molecule has 2 aromatic rings. The van der Waals surface area contributed by atoms with Crippen molar-refractivity contribution in [3.8, 4) is 0 Å². The summed E-state index contributed by atoms with van der Waals surface area (Å²) in [4.78, 5) is 21.1. The molecule has 0 saturated carbocycles. The number of thiophene rings is 1. The molecule has 7 heteroatoms. The Morgan fingerprint density at radius 1 is 1.30 bits per heavy atom. The maximum Gasteiger partial charge on any atom is 0.324 e. The highest BCUT2D eigenvalue weighted by Crippen LogP contribution is 2.23. The zero-order valence-electron chi connectivity index (χ0n) is 10.8. The average Bonchev–Trinajstić information content (AvgIpc) is 2.86. The van der Waals surface area contributed by atoms with Crippen LogP contribution in [0.25, 0.3) is 0 Å². The maximum atomic E-state index is 10.9. The molecule has 1 aromatic carbocycles. The van der Waals surface area contributed by atoms with Crippen molar-refractivity contribution in [2.75, 3.05) is 10.6 Å². The molecule has 104 valence electrons. The number of amides is 1. The van der Waals surface area contributed by atoms with Crippen LogP contribution in [0.2, 0.25) is 0 Å². The zero-order valence-corrected chi connectivity index (χ0v) is 11.6. The average molecular weight is 291 g/mol. The van der Waals surface area contributed by atoms with E-state index < -0.39 is 4.92 Å². The smallest absolute Gasteiger partial charge is 0.324 e. The maximum absolute atomic E-state index is 10.9. The van der Waals surface area contributed by atoms with Gasteiger partial charge in [-0.2, -0.15) is 0 Å². The number of hydrogen-bond acceptors (Lipinski definition) is 5. The summed E-state index contributed by atoms with van der Waals surface area (Å²) in [6, 6.07) is 8.82. The molecule has 2 N–H and O–H groups in total. The van der Waals surface area contributed by atoms with Gasteiger partial charge in [-0.25, -0.2) is 0 Å². The largest absolute Gasteiger partial charge is 0.381 e. The highest BCUT2D eigenvalue weighted by molar-refractivity contribution is 7.13. The number of nitro groups is 1.